The molecule has 22 heavy (non-hydrogen) atoms. The normalized spacial score (nSPS) is 24.3. The zero-order valence-corrected chi connectivity index (χ0v) is 14.5. The standard InChI is InChI=1S/C14H12BrCl2FN4/c15-10-9(16)3-8-12(11(10)18)20-14(17)21-13(8)22-4-6-1-2-7(5-22)19-6/h3,6-7,19H,1-2,4-5H2/t6-,7+. The van der Waals surface area contributed by atoms with E-state index in [2.05, 4.69) is 36.1 Å². The van der Waals surface area contributed by atoms with E-state index in [9.17, 15) is 4.39 Å². The van der Waals surface area contributed by atoms with Crippen LogP contribution in [0.15, 0.2) is 10.5 Å². The quantitative estimate of drug-likeness (QED) is 0.579. The van der Waals surface area contributed by atoms with Crippen LogP contribution in [-0.2, 0) is 0 Å². The van der Waals surface area contributed by atoms with E-state index in [1.54, 1.807) is 6.07 Å². The molecular weight excluding hydrogens is 394 g/mol. The molecule has 116 valence electrons. The van der Waals surface area contributed by atoms with E-state index in [-0.39, 0.29) is 15.3 Å². The Bertz CT molecular complexity index is 760. The van der Waals surface area contributed by atoms with Gasteiger partial charge in [0, 0.05) is 30.6 Å². The Morgan fingerprint density at radius 3 is 2.59 bits per heavy atom. The maximum absolute atomic E-state index is 14.4. The fraction of sp³-hybridized carbons (Fsp3) is 0.429. The van der Waals surface area contributed by atoms with Gasteiger partial charge in [-0.2, -0.15) is 4.98 Å². The Kier molecular flexibility index (Phi) is 3.68. The zero-order valence-electron chi connectivity index (χ0n) is 11.4. The lowest BCUT2D eigenvalue weighted by atomic mass is 10.1. The van der Waals surface area contributed by atoms with Crippen molar-refractivity contribution in [3.8, 4) is 0 Å². The molecule has 0 aliphatic carbocycles. The first-order chi connectivity index (χ1) is 10.5. The topological polar surface area (TPSA) is 41.0 Å². The molecule has 1 aromatic carbocycles. The highest BCUT2D eigenvalue weighted by Crippen LogP contribution is 2.36. The van der Waals surface area contributed by atoms with Gasteiger partial charge in [-0.05, 0) is 46.4 Å². The van der Waals surface area contributed by atoms with Crippen molar-refractivity contribution in [1.29, 1.82) is 0 Å². The van der Waals surface area contributed by atoms with E-state index in [4.69, 9.17) is 23.2 Å². The molecule has 2 aromatic rings. The van der Waals surface area contributed by atoms with E-state index in [0.717, 1.165) is 25.9 Å². The molecule has 2 fully saturated rings. The van der Waals surface area contributed by atoms with Gasteiger partial charge in [-0.25, -0.2) is 9.37 Å². The van der Waals surface area contributed by atoms with E-state index in [1.165, 1.54) is 0 Å². The van der Waals surface area contributed by atoms with E-state index in [1.807, 2.05) is 0 Å². The lowest BCUT2D eigenvalue weighted by Gasteiger charge is -2.34. The highest BCUT2D eigenvalue weighted by atomic mass is 79.9. The van der Waals surface area contributed by atoms with Gasteiger partial charge in [0.25, 0.3) is 0 Å². The van der Waals surface area contributed by atoms with Crippen LogP contribution < -0.4 is 10.2 Å². The summed E-state index contributed by atoms with van der Waals surface area (Å²) in [6.45, 7) is 1.66. The third-order valence-electron chi connectivity index (χ3n) is 4.30. The number of nitrogens with zero attached hydrogens (tertiary/aromatic N) is 3. The fourth-order valence-electron chi connectivity index (χ4n) is 3.34. The van der Waals surface area contributed by atoms with Crippen LogP contribution in [0, 0.1) is 5.82 Å². The van der Waals surface area contributed by atoms with Crippen LogP contribution in [0.5, 0.6) is 0 Å². The number of nitrogens with one attached hydrogen (secondary N) is 1. The number of halogens is 4. The Hall–Kier alpha value is -0.690. The second kappa shape index (κ2) is 5.44. The fourth-order valence-corrected chi connectivity index (χ4v) is 4.00. The summed E-state index contributed by atoms with van der Waals surface area (Å²) in [5.41, 5.74) is 0.192. The van der Waals surface area contributed by atoms with Crippen LogP contribution in [0.4, 0.5) is 10.2 Å². The smallest absolute Gasteiger partial charge is 0.225 e. The maximum atomic E-state index is 14.4. The van der Waals surface area contributed by atoms with Gasteiger partial charge >= 0.3 is 0 Å². The largest absolute Gasteiger partial charge is 0.353 e. The molecular formula is C14H12BrCl2FN4. The summed E-state index contributed by atoms with van der Waals surface area (Å²) >= 11 is 15.3. The van der Waals surface area contributed by atoms with Crippen LogP contribution in [0.2, 0.25) is 10.3 Å². The van der Waals surface area contributed by atoms with Gasteiger partial charge < -0.3 is 10.2 Å². The van der Waals surface area contributed by atoms with E-state index in [0.29, 0.717) is 28.3 Å². The number of hydrogen-bond acceptors (Lipinski definition) is 4. The van der Waals surface area contributed by atoms with Gasteiger partial charge in [-0.3, -0.25) is 0 Å². The van der Waals surface area contributed by atoms with Crippen molar-refractivity contribution >= 4 is 55.9 Å². The number of aromatic nitrogens is 2. The molecule has 1 aromatic heterocycles. The molecule has 3 heterocycles. The molecule has 0 radical (unpaired) electrons. The first kappa shape index (κ1) is 14.9. The van der Waals surface area contributed by atoms with Crippen molar-refractivity contribution in [1.82, 2.24) is 15.3 Å². The lowest BCUT2D eigenvalue weighted by Crippen LogP contribution is -2.51. The Morgan fingerprint density at radius 1 is 1.23 bits per heavy atom. The van der Waals surface area contributed by atoms with Crippen molar-refractivity contribution in [3.63, 3.8) is 0 Å². The van der Waals surface area contributed by atoms with Gasteiger partial charge in [-0.1, -0.05) is 11.6 Å². The average Bonchev–Trinajstić information content (AvgIpc) is 2.84. The van der Waals surface area contributed by atoms with Gasteiger partial charge in [-0.15, -0.1) is 0 Å². The molecule has 0 unspecified atom stereocenters. The third-order valence-corrected chi connectivity index (χ3v) is 5.77. The van der Waals surface area contributed by atoms with E-state index >= 15 is 0 Å². The second-order valence-corrected chi connectivity index (χ2v) is 7.28. The lowest BCUT2D eigenvalue weighted by molar-refractivity contribution is 0.464. The monoisotopic (exact) mass is 404 g/mol. The number of anilines is 1. The Morgan fingerprint density at radius 2 is 1.91 bits per heavy atom. The summed E-state index contributed by atoms with van der Waals surface area (Å²) in [7, 11) is 0. The number of fused-ring (bicyclic) bond motifs is 3. The Labute approximate surface area is 145 Å². The number of hydrogen-bond donors (Lipinski definition) is 1. The molecule has 2 saturated heterocycles. The van der Waals surface area contributed by atoms with Crippen LogP contribution in [0.3, 0.4) is 0 Å². The molecule has 2 aliphatic rings. The van der Waals surface area contributed by atoms with Crippen LogP contribution >= 0.6 is 39.1 Å². The predicted octanol–water partition coefficient (Wildman–Crippen LogP) is 3.78. The number of rotatable bonds is 1. The van der Waals surface area contributed by atoms with Crippen molar-refractivity contribution < 1.29 is 4.39 Å². The predicted molar refractivity (Wildman–Crippen MR) is 89.4 cm³/mol. The average molecular weight is 406 g/mol. The Balaban J connectivity index is 1.90. The first-order valence-corrected chi connectivity index (χ1v) is 8.59. The molecule has 8 heteroatoms. The third kappa shape index (κ3) is 2.37. The summed E-state index contributed by atoms with van der Waals surface area (Å²) in [5, 5.41) is 4.50. The number of piperazine rings is 1. The molecule has 0 amide bonds. The van der Waals surface area contributed by atoms with Crippen molar-refractivity contribution in [2.45, 2.75) is 24.9 Å². The van der Waals surface area contributed by atoms with Crippen molar-refractivity contribution in [2.24, 2.45) is 0 Å². The summed E-state index contributed by atoms with van der Waals surface area (Å²) < 4.78 is 14.6. The molecule has 2 bridgehead atoms. The summed E-state index contributed by atoms with van der Waals surface area (Å²) in [5.74, 6) is 0.146. The van der Waals surface area contributed by atoms with Gasteiger partial charge in [0.1, 0.15) is 11.3 Å². The van der Waals surface area contributed by atoms with Crippen LogP contribution in [0.1, 0.15) is 12.8 Å². The van der Waals surface area contributed by atoms with Crippen molar-refractivity contribution in [3.05, 3.63) is 26.7 Å². The van der Waals surface area contributed by atoms with Gasteiger partial charge in [0.2, 0.25) is 5.28 Å². The highest BCUT2D eigenvalue weighted by molar-refractivity contribution is 9.10. The first-order valence-electron chi connectivity index (χ1n) is 7.04. The van der Waals surface area contributed by atoms with Crippen molar-refractivity contribution in [2.75, 3.05) is 18.0 Å². The molecule has 4 rings (SSSR count). The summed E-state index contributed by atoms with van der Waals surface area (Å²) in [6, 6.07) is 2.58. The minimum Gasteiger partial charge on any atom is -0.353 e. The summed E-state index contributed by atoms with van der Waals surface area (Å²) in [4.78, 5) is 10.5. The molecule has 2 aliphatic heterocycles. The second-order valence-electron chi connectivity index (χ2n) is 5.74. The number of benzene rings is 1. The molecule has 2 atom stereocenters. The SMILES string of the molecule is Fc1c(Br)c(Cl)cc2c(N3C[C@H]4CC[C@@H](C3)N4)nc(Cl)nc12. The van der Waals surface area contributed by atoms with Gasteiger partial charge in [0.15, 0.2) is 5.82 Å². The molecule has 4 nitrogen and oxygen atoms in total. The molecule has 0 spiro atoms. The maximum Gasteiger partial charge on any atom is 0.225 e. The highest BCUT2D eigenvalue weighted by Gasteiger charge is 2.33. The summed E-state index contributed by atoms with van der Waals surface area (Å²) in [6.07, 6.45) is 2.30. The van der Waals surface area contributed by atoms with Crippen LogP contribution in [-0.4, -0.2) is 35.1 Å². The minimum atomic E-state index is -0.508. The minimum absolute atomic E-state index is 0.0431. The zero-order chi connectivity index (χ0) is 15.4. The molecule has 0 saturated carbocycles. The van der Waals surface area contributed by atoms with E-state index < -0.39 is 5.82 Å². The van der Waals surface area contributed by atoms with Gasteiger partial charge in [0.05, 0.1) is 9.50 Å². The molecule has 1 N–H and O–H groups in total. The van der Waals surface area contributed by atoms with Crippen LogP contribution in [0.25, 0.3) is 10.9 Å².